The SMILES string of the molecule is N#CC1(C(=O)N2CCCC2CCCO)CCC1. The molecule has 94 valence electrons. The van der Waals surface area contributed by atoms with E-state index >= 15 is 0 Å². The van der Waals surface area contributed by atoms with Gasteiger partial charge in [0.05, 0.1) is 6.07 Å². The molecule has 2 rings (SSSR count). The fourth-order valence-corrected chi connectivity index (χ4v) is 2.91. The van der Waals surface area contributed by atoms with Crippen LogP contribution in [0.4, 0.5) is 0 Å². The molecule has 1 atom stereocenters. The molecule has 0 radical (unpaired) electrons. The number of carbonyl (C=O) groups excluding carboxylic acids is 1. The molecule has 0 aromatic rings. The van der Waals surface area contributed by atoms with Crippen molar-refractivity contribution in [3.05, 3.63) is 0 Å². The van der Waals surface area contributed by atoms with E-state index in [0.717, 1.165) is 51.5 Å². The number of amides is 1. The van der Waals surface area contributed by atoms with Gasteiger partial charge in [-0.2, -0.15) is 5.26 Å². The van der Waals surface area contributed by atoms with Gasteiger partial charge in [0.2, 0.25) is 5.91 Å². The number of rotatable bonds is 4. The zero-order valence-electron chi connectivity index (χ0n) is 10.2. The van der Waals surface area contributed by atoms with Crippen LogP contribution in [0.5, 0.6) is 0 Å². The number of likely N-dealkylation sites (tertiary alicyclic amines) is 1. The fraction of sp³-hybridized carbons (Fsp3) is 0.846. The molecule has 0 aromatic carbocycles. The molecule has 1 N–H and O–H groups in total. The number of carbonyl (C=O) groups is 1. The Labute approximate surface area is 102 Å². The summed E-state index contributed by atoms with van der Waals surface area (Å²) in [6.45, 7) is 0.973. The van der Waals surface area contributed by atoms with Crippen molar-refractivity contribution in [2.45, 2.75) is 51.0 Å². The third-order valence-electron chi connectivity index (χ3n) is 4.16. The lowest BCUT2D eigenvalue weighted by Crippen LogP contribution is -2.48. The predicted octanol–water partition coefficient (Wildman–Crippen LogP) is 1.44. The van der Waals surface area contributed by atoms with Crippen LogP contribution in [0.2, 0.25) is 0 Å². The number of nitriles is 1. The van der Waals surface area contributed by atoms with Crippen molar-refractivity contribution in [1.29, 1.82) is 5.26 Å². The summed E-state index contributed by atoms with van der Waals surface area (Å²) < 4.78 is 0. The van der Waals surface area contributed by atoms with E-state index in [0.29, 0.717) is 0 Å². The normalized spacial score (nSPS) is 26.4. The molecule has 2 fully saturated rings. The molecule has 1 amide bonds. The average molecular weight is 236 g/mol. The summed E-state index contributed by atoms with van der Waals surface area (Å²) in [5.41, 5.74) is -0.707. The van der Waals surface area contributed by atoms with Crippen LogP contribution in [0.25, 0.3) is 0 Å². The summed E-state index contributed by atoms with van der Waals surface area (Å²) in [5.74, 6) is 0.0479. The summed E-state index contributed by atoms with van der Waals surface area (Å²) in [4.78, 5) is 14.3. The van der Waals surface area contributed by atoms with Crippen LogP contribution in [0.15, 0.2) is 0 Å². The number of hydrogen-bond donors (Lipinski definition) is 1. The zero-order valence-corrected chi connectivity index (χ0v) is 10.2. The van der Waals surface area contributed by atoms with Gasteiger partial charge in [-0.3, -0.25) is 4.79 Å². The lowest BCUT2D eigenvalue weighted by molar-refractivity contribution is -0.144. The summed E-state index contributed by atoms with van der Waals surface area (Å²) in [7, 11) is 0. The van der Waals surface area contributed by atoms with Gasteiger partial charge in [-0.1, -0.05) is 0 Å². The molecule has 0 aromatic heterocycles. The highest BCUT2D eigenvalue weighted by Crippen LogP contribution is 2.43. The van der Waals surface area contributed by atoms with E-state index in [1.54, 1.807) is 0 Å². The van der Waals surface area contributed by atoms with Crippen LogP contribution >= 0.6 is 0 Å². The minimum atomic E-state index is -0.707. The Morgan fingerprint density at radius 1 is 1.47 bits per heavy atom. The van der Waals surface area contributed by atoms with Gasteiger partial charge >= 0.3 is 0 Å². The van der Waals surface area contributed by atoms with Gasteiger partial charge in [0.1, 0.15) is 5.41 Å². The molecule has 1 saturated heterocycles. The van der Waals surface area contributed by atoms with E-state index in [9.17, 15) is 10.1 Å². The number of aliphatic hydroxyl groups excluding tert-OH is 1. The molecular weight excluding hydrogens is 216 g/mol. The van der Waals surface area contributed by atoms with Gasteiger partial charge in [0.25, 0.3) is 0 Å². The lowest BCUT2D eigenvalue weighted by atomic mass is 9.69. The largest absolute Gasteiger partial charge is 0.396 e. The molecule has 17 heavy (non-hydrogen) atoms. The zero-order chi connectivity index (χ0) is 12.3. The molecule has 0 bridgehead atoms. The monoisotopic (exact) mass is 236 g/mol. The highest BCUT2D eigenvalue weighted by atomic mass is 16.3. The first kappa shape index (κ1) is 12.4. The molecule has 1 aliphatic heterocycles. The third-order valence-corrected chi connectivity index (χ3v) is 4.16. The van der Waals surface area contributed by atoms with E-state index in [-0.39, 0.29) is 18.6 Å². The highest BCUT2D eigenvalue weighted by molar-refractivity contribution is 5.86. The van der Waals surface area contributed by atoms with Crippen molar-refractivity contribution in [1.82, 2.24) is 4.90 Å². The summed E-state index contributed by atoms with van der Waals surface area (Å²) >= 11 is 0. The van der Waals surface area contributed by atoms with Crippen molar-refractivity contribution in [3.63, 3.8) is 0 Å². The molecule has 2 aliphatic rings. The number of nitrogens with zero attached hydrogens (tertiary/aromatic N) is 2. The Bertz CT molecular complexity index is 331. The summed E-state index contributed by atoms with van der Waals surface area (Å²) in [6, 6.07) is 2.48. The van der Waals surface area contributed by atoms with Crippen LogP contribution in [-0.2, 0) is 4.79 Å². The van der Waals surface area contributed by atoms with Gasteiger partial charge in [0.15, 0.2) is 0 Å². The summed E-state index contributed by atoms with van der Waals surface area (Å²) in [6.07, 6.45) is 6.11. The van der Waals surface area contributed by atoms with Crippen molar-refractivity contribution in [2.24, 2.45) is 5.41 Å². The van der Waals surface area contributed by atoms with E-state index in [4.69, 9.17) is 5.11 Å². The van der Waals surface area contributed by atoms with Gasteiger partial charge in [-0.15, -0.1) is 0 Å². The lowest BCUT2D eigenvalue weighted by Gasteiger charge is -2.38. The second-order valence-electron chi connectivity index (χ2n) is 5.21. The maximum absolute atomic E-state index is 12.4. The van der Waals surface area contributed by atoms with E-state index in [1.807, 2.05) is 4.90 Å². The maximum Gasteiger partial charge on any atom is 0.243 e. The van der Waals surface area contributed by atoms with Gasteiger partial charge in [-0.05, 0) is 44.9 Å². The molecule has 1 aliphatic carbocycles. The van der Waals surface area contributed by atoms with Gasteiger partial charge in [-0.25, -0.2) is 0 Å². The standard InChI is InChI=1S/C13H20N2O2/c14-10-13(6-3-7-13)12(17)15-8-1-4-11(15)5-2-9-16/h11,16H,1-9H2. The smallest absolute Gasteiger partial charge is 0.243 e. The molecule has 4 heteroatoms. The van der Waals surface area contributed by atoms with Crippen LogP contribution in [0.3, 0.4) is 0 Å². The predicted molar refractivity (Wildman–Crippen MR) is 63.0 cm³/mol. The van der Waals surface area contributed by atoms with Crippen LogP contribution in [0, 0.1) is 16.7 Å². The Morgan fingerprint density at radius 2 is 2.24 bits per heavy atom. The van der Waals surface area contributed by atoms with Crippen LogP contribution < -0.4 is 0 Å². The number of aliphatic hydroxyl groups is 1. The quantitative estimate of drug-likeness (QED) is 0.803. The first-order valence-corrected chi connectivity index (χ1v) is 6.57. The van der Waals surface area contributed by atoms with Crippen molar-refractivity contribution in [3.8, 4) is 6.07 Å². The van der Waals surface area contributed by atoms with Crippen molar-refractivity contribution < 1.29 is 9.90 Å². The first-order chi connectivity index (χ1) is 8.23. The second kappa shape index (κ2) is 5.05. The van der Waals surface area contributed by atoms with Crippen molar-refractivity contribution >= 4 is 5.91 Å². The summed E-state index contributed by atoms with van der Waals surface area (Å²) in [5, 5.41) is 18.1. The fourth-order valence-electron chi connectivity index (χ4n) is 2.91. The van der Waals surface area contributed by atoms with Gasteiger partial charge in [0, 0.05) is 19.2 Å². The Kier molecular flexibility index (Phi) is 3.68. The molecule has 1 heterocycles. The average Bonchev–Trinajstić information content (AvgIpc) is 2.73. The first-order valence-electron chi connectivity index (χ1n) is 6.57. The third kappa shape index (κ3) is 2.16. The number of hydrogen-bond acceptors (Lipinski definition) is 3. The molecular formula is C13H20N2O2. The second-order valence-corrected chi connectivity index (χ2v) is 5.21. The minimum absolute atomic E-state index is 0.0479. The molecule has 4 nitrogen and oxygen atoms in total. The topological polar surface area (TPSA) is 64.3 Å². The highest BCUT2D eigenvalue weighted by Gasteiger charge is 2.48. The molecule has 1 unspecified atom stereocenters. The minimum Gasteiger partial charge on any atom is -0.396 e. The Morgan fingerprint density at radius 3 is 2.76 bits per heavy atom. The van der Waals surface area contributed by atoms with Crippen LogP contribution in [-0.4, -0.2) is 35.1 Å². The van der Waals surface area contributed by atoms with E-state index in [2.05, 4.69) is 6.07 Å². The van der Waals surface area contributed by atoms with Gasteiger partial charge < -0.3 is 10.0 Å². The van der Waals surface area contributed by atoms with E-state index in [1.165, 1.54) is 0 Å². The molecule has 0 spiro atoms. The maximum atomic E-state index is 12.4. The van der Waals surface area contributed by atoms with Crippen molar-refractivity contribution in [2.75, 3.05) is 13.2 Å². The van der Waals surface area contributed by atoms with Crippen LogP contribution in [0.1, 0.15) is 44.9 Å². The Balaban J connectivity index is 2.01. The molecule has 1 saturated carbocycles. The van der Waals surface area contributed by atoms with E-state index < -0.39 is 5.41 Å². The Hall–Kier alpha value is -1.08.